The first-order valence-corrected chi connectivity index (χ1v) is 42.7. The van der Waals surface area contributed by atoms with Gasteiger partial charge in [-0.2, -0.15) is 0 Å². The molecule has 121 heavy (non-hydrogen) atoms. The van der Waals surface area contributed by atoms with E-state index in [-0.39, 0.29) is 24.0 Å². The third-order valence-electron chi connectivity index (χ3n) is 19.5. The number of nitro groups is 1. The minimum atomic E-state index is -0.956. The van der Waals surface area contributed by atoms with Crippen LogP contribution in [0.5, 0.6) is 34.5 Å². The molecule has 8 aromatic rings. The fraction of sp³-hybridized carbons (Fsp3) is 0.500. The molecule has 14 rings (SSSR count). The number of aryl methyl sites for hydroxylation is 4. The summed E-state index contributed by atoms with van der Waals surface area (Å²) in [6, 6.07) is 36.2. The number of carboxylic acids is 1. The van der Waals surface area contributed by atoms with E-state index in [1.165, 1.54) is 16.7 Å². The van der Waals surface area contributed by atoms with E-state index in [9.17, 15) is 14.9 Å². The molecule has 0 spiro atoms. The van der Waals surface area contributed by atoms with Crippen LogP contribution in [-0.2, 0) is 58.6 Å². The van der Waals surface area contributed by atoms with Crippen LogP contribution in [0, 0.1) is 37.8 Å². The second-order valence-electron chi connectivity index (χ2n) is 28.4. The summed E-state index contributed by atoms with van der Waals surface area (Å²) in [6.45, 7) is 26.0. The maximum Gasteiger partial charge on any atom is 0.377 e. The van der Waals surface area contributed by atoms with Gasteiger partial charge < -0.3 is 120 Å². The van der Waals surface area contributed by atoms with E-state index in [2.05, 4.69) is 160 Å². The van der Waals surface area contributed by atoms with Gasteiger partial charge in [0.1, 0.15) is 74.1 Å². The zero-order chi connectivity index (χ0) is 84.6. The molecule has 35 heteroatoms. The summed E-state index contributed by atoms with van der Waals surface area (Å²) in [7, 11) is 3.25. The lowest BCUT2D eigenvalue weighted by Crippen LogP contribution is -2.34. The van der Waals surface area contributed by atoms with Gasteiger partial charge in [0.25, 0.3) is 0 Å². The highest BCUT2D eigenvalue weighted by Gasteiger charge is 2.25. The fourth-order valence-corrected chi connectivity index (χ4v) is 14.6. The van der Waals surface area contributed by atoms with Crippen molar-refractivity contribution < 1.29 is 90.6 Å². The molecule has 0 saturated carbocycles. The van der Waals surface area contributed by atoms with Crippen LogP contribution in [0.2, 0.25) is 0 Å². The minimum Gasteiger partial charge on any atom is -0.490 e. The van der Waals surface area contributed by atoms with Crippen LogP contribution in [0.1, 0.15) is 27.9 Å². The predicted molar refractivity (Wildman–Crippen MR) is 465 cm³/mol. The average molecular weight is 1710 g/mol. The lowest BCUT2D eigenvalue weighted by atomic mass is 10.2. The predicted octanol–water partition coefficient (Wildman–Crippen LogP) is 13.3. The Labute approximate surface area is 714 Å². The van der Waals surface area contributed by atoms with Crippen molar-refractivity contribution in [3.63, 3.8) is 0 Å². The Balaban J connectivity index is 0.000000236. The van der Waals surface area contributed by atoms with E-state index in [0.717, 1.165) is 90.7 Å². The van der Waals surface area contributed by atoms with Crippen molar-refractivity contribution in [2.45, 2.75) is 34.1 Å². The van der Waals surface area contributed by atoms with Crippen LogP contribution in [0.25, 0.3) is 0 Å². The Morgan fingerprint density at radius 2 is 0.678 bits per heavy atom. The highest BCUT2D eigenvalue weighted by molar-refractivity contribution is 7.13. The number of methoxy groups -OCH3 is 2. The number of fused-ring (bicyclic) bond motifs is 40. The standard InChI is InChI=1S/C44H58N6O10S.C42H55N7O10S/c1-33-4-7-37-40(28-33)58-20-14-50(39-9-6-35(30-42(39)60-27-22-53-3)46-47-44-45-36(32-61-44)31-43(51)52)15-21-59-41-29-34(2)5-8-38(41)49-12-18-56-25-23-54-16-10-48(37)11-17-55-24-26-57-19-13-49;1-32-4-7-35-38(28-32)57-20-14-48(37-9-6-34(30-40(37)59-27-22-52-3)44-45-42-43-41(31-60-42)49(50)51)15-21-58-39-29-33(2)5-8-36(39)47-12-18-55-25-23-53-16-10-46(35)11-17-54-24-26-56-19-13-47/h4-9,28-30,32H,10-27,31H2,1-3H3,(H,51,52);4-9,28-31H,10-27H2,1-3H3. The second kappa shape index (κ2) is 50.3. The molecule has 0 unspecified atom stereocenters. The maximum absolute atomic E-state index is 11.2. The van der Waals surface area contributed by atoms with Crippen molar-refractivity contribution in [2.75, 3.05) is 281 Å². The first-order valence-electron chi connectivity index (χ1n) is 40.9. The Kier molecular flexibility index (Phi) is 38.1. The van der Waals surface area contributed by atoms with Gasteiger partial charge in [-0.25, -0.2) is 4.98 Å². The van der Waals surface area contributed by atoms with Crippen molar-refractivity contribution in [2.24, 2.45) is 20.5 Å². The Hall–Kier alpha value is -10.2. The fourth-order valence-electron chi connectivity index (χ4n) is 13.4. The zero-order valence-electron chi connectivity index (χ0n) is 70.0. The molecule has 8 heterocycles. The van der Waals surface area contributed by atoms with E-state index in [4.69, 9.17) is 80.9 Å². The third-order valence-corrected chi connectivity index (χ3v) is 21.0. The molecule has 33 nitrogen and oxygen atoms in total. The van der Waals surface area contributed by atoms with Crippen LogP contribution >= 0.6 is 22.7 Å². The van der Waals surface area contributed by atoms with E-state index in [1.54, 1.807) is 25.7 Å². The van der Waals surface area contributed by atoms with E-state index < -0.39 is 10.9 Å². The maximum atomic E-state index is 11.2. The van der Waals surface area contributed by atoms with Crippen molar-refractivity contribution >= 4 is 90.2 Å². The summed E-state index contributed by atoms with van der Waals surface area (Å²) in [5, 5.41) is 41.0. The molecule has 654 valence electrons. The quantitative estimate of drug-likeness (QED) is 0.0291. The number of carbonyl (C=O) groups is 1. The number of ether oxygens (including phenoxy) is 16. The van der Waals surface area contributed by atoms with E-state index >= 15 is 0 Å². The van der Waals surface area contributed by atoms with Gasteiger partial charge in [0.2, 0.25) is 5.13 Å². The first-order chi connectivity index (χ1) is 59.2. The molecule has 2 aromatic heterocycles. The van der Waals surface area contributed by atoms with Gasteiger partial charge in [0, 0.05) is 84.1 Å². The molecule has 0 amide bonds. The monoisotopic (exact) mass is 1710 g/mol. The minimum absolute atomic E-state index is 0.173. The van der Waals surface area contributed by atoms with Gasteiger partial charge in [0.15, 0.2) is 0 Å². The number of hydrogen-bond acceptors (Lipinski definition) is 33. The molecular weight excluding hydrogens is 1600 g/mol. The van der Waals surface area contributed by atoms with E-state index in [0.29, 0.717) is 264 Å². The van der Waals surface area contributed by atoms with Crippen molar-refractivity contribution in [3.05, 3.63) is 158 Å². The molecule has 0 atom stereocenters. The molecule has 0 radical (unpaired) electrons. The summed E-state index contributed by atoms with van der Waals surface area (Å²) in [5.41, 5.74) is 11.2. The highest BCUT2D eigenvalue weighted by Crippen LogP contribution is 2.40. The number of anilines is 6. The number of thiazole rings is 2. The summed E-state index contributed by atoms with van der Waals surface area (Å²) in [4.78, 5) is 43.3. The zero-order valence-corrected chi connectivity index (χ0v) is 71.7. The first kappa shape index (κ1) is 91.6. The van der Waals surface area contributed by atoms with Crippen LogP contribution in [0.15, 0.2) is 140 Å². The van der Waals surface area contributed by atoms with Gasteiger partial charge in [-0.05, 0) is 133 Å². The van der Waals surface area contributed by atoms with Gasteiger partial charge in [-0.3, -0.25) is 4.79 Å². The number of benzene rings is 6. The Morgan fingerprint density at radius 3 is 0.975 bits per heavy atom. The number of aromatic nitrogens is 2. The van der Waals surface area contributed by atoms with Crippen molar-refractivity contribution in [1.82, 2.24) is 9.97 Å². The number of azo groups is 2. The van der Waals surface area contributed by atoms with E-state index in [1.807, 2.05) is 30.3 Å². The summed E-state index contributed by atoms with van der Waals surface area (Å²) in [5.74, 6) is 2.96. The highest BCUT2D eigenvalue weighted by atomic mass is 32.1. The number of aliphatic carboxylic acids is 1. The third kappa shape index (κ3) is 30.2. The second-order valence-corrected chi connectivity index (χ2v) is 30.1. The van der Waals surface area contributed by atoms with Gasteiger partial charge in [0.05, 0.1) is 208 Å². The van der Waals surface area contributed by atoms with Gasteiger partial charge in [-0.15, -0.1) is 26.7 Å². The normalized spacial score (nSPS) is 17.0. The van der Waals surface area contributed by atoms with Crippen LogP contribution in [0.3, 0.4) is 0 Å². The van der Waals surface area contributed by atoms with Crippen LogP contribution in [0.4, 0.5) is 61.6 Å². The molecule has 0 aliphatic carbocycles. The Bertz CT molecular complexity index is 4350. The number of carboxylic acid groups (broad SMARTS) is 1. The number of hydrogen-bond donors (Lipinski definition) is 1. The molecular formula is C86H113N13O20S2. The average Bonchev–Trinajstić information content (AvgIpc) is 1.82. The smallest absolute Gasteiger partial charge is 0.377 e. The molecule has 2 fully saturated rings. The lowest BCUT2D eigenvalue weighted by molar-refractivity contribution is -0.389. The largest absolute Gasteiger partial charge is 0.490 e. The number of nitrogens with zero attached hydrogens (tertiary/aromatic N) is 13. The summed E-state index contributed by atoms with van der Waals surface area (Å²) in [6.07, 6.45) is -0.178. The molecule has 6 aromatic carbocycles. The molecule has 6 aliphatic heterocycles. The molecule has 1 N–H and O–H groups in total. The molecule has 4 bridgehead atoms. The topological polar surface area (TPSA) is 323 Å². The van der Waals surface area contributed by atoms with Gasteiger partial charge >= 0.3 is 16.9 Å². The summed E-state index contributed by atoms with van der Waals surface area (Å²) < 4.78 is 98.4. The van der Waals surface area contributed by atoms with Crippen LogP contribution < -0.4 is 57.8 Å². The van der Waals surface area contributed by atoms with Crippen molar-refractivity contribution in [3.8, 4) is 34.5 Å². The Morgan fingerprint density at radius 1 is 0.388 bits per heavy atom. The van der Waals surface area contributed by atoms with Gasteiger partial charge in [-0.1, -0.05) is 40.7 Å². The van der Waals surface area contributed by atoms with Crippen LogP contribution in [-0.4, -0.2) is 277 Å². The SMILES string of the molecule is COCCOc1cc(N=Nc2nc(CC(=O)O)cs2)ccc1N1CCOc2cc(C)ccc2N2CCOCCOCCN(CCOCCOCC2)c2ccc(C)cc2OCC1.COCCOc1cc(N=Nc2nc([N+](=O)[O-])cs2)ccc1N1CCOc2cc(C)ccc2N2CCOCCOCCN(CCOCCOCC2)c2ccc(C)cc2OCC1. The number of rotatable bonds is 17. The summed E-state index contributed by atoms with van der Waals surface area (Å²) >= 11 is 2.27. The molecule has 6 aliphatic rings. The lowest BCUT2D eigenvalue weighted by Gasteiger charge is -2.29. The molecule has 2 saturated heterocycles. The van der Waals surface area contributed by atoms with Crippen molar-refractivity contribution in [1.29, 1.82) is 0 Å².